The van der Waals surface area contributed by atoms with Gasteiger partial charge in [-0.25, -0.2) is 14.4 Å². The number of aliphatic hydroxyl groups excluding tert-OH is 1. The summed E-state index contributed by atoms with van der Waals surface area (Å²) in [6.45, 7) is 2.09. The van der Waals surface area contributed by atoms with Crippen LogP contribution in [-0.4, -0.2) is 47.6 Å². The molecule has 0 aliphatic rings. The van der Waals surface area contributed by atoms with Crippen molar-refractivity contribution in [3.63, 3.8) is 0 Å². The standard InChI is InChI=1S/C29H26F4N8O2/c1-17-35-25(20-15-34-41(16-20)9-10-42)14-26(36-17)38-27-13-23(39-40-27)6-5-18-12-22(7-8-24(18)30)37-28(43)19-3-2-4-21(11-19)29(31,32)33/h2-4,7-8,11-16,42H,5-6,9-10H2,1H3,(H,37,43)(H2,35,36,38,39,40). The molecule has 0 aliphatic heterocycles. The van der Waals surface area contributed by atoms with E-state index in [-0.39, 0.29) is 24.3 Å². The number of amides is 1. The second-order valence-corrected chi connectivity index (χ2v) is 9.64. The van der Waals surface area contributed by atoms with Gasteiger partial charge in [-0.1, -0.05) is 6.07 Å². The Morgan fingerprint density at radius 2 is 1.88 bits per heavy atom. The van der Waals surface area contributed by atoms with E-state index < -0.39 is 23.5 Å². The molecular formula is C29H26F4N8O2. The number of nitrogens with zero attached hydrogens (tertiary/aromatic N) is 5. The summed E-state index contributed by atoms with van der Waals surface area (Å²) >= 11 is 0. The van der Waals surface area contributed by atoms with E-state index >= 15 is 0 Å². The van der Waals surface area contributed by atoms with Crippen molar-refractivity contribution in [3.05, 3.63) is 101 Å². The van der Waals surface area contributed by atoms with Gasteiger partial charge < -0.3 is 15.7 Å². The first-order chi connectivity index (χ1) is 20.6. The van der Waals surface area contributed by atoms with Crippen molar-refractivity contribution in [1.29, 1.82) is 0 Å². The number of rotatable bonds is 10. The Labute approximate surface area is 242 Å². The molecule has 1 amide bonds. The summed E-state index contributed by atoms with van der Waals surface area (Å²) < 4.78 is 55.2. The molecule has 5 aromatic rings. The molecule has 0 atom stereocenters. The van der Waals surface area contributed by atoms with E-state index in [0.29, 0.717) is 47.4 Å². The highest BCUT2D eigenvalue weighted by molar-refractivity contribution is 6.04. The highest BCUT2D eigenvalue weighted by Crippen LogP contribution is 2.30. The Bertz CT molecular complexity index is 1750. The zero-order chi connectivity index (χ0) is 30.6. The van der Waals surface area contributed by atoms with Crippen LogP contribution in [-0.2, 0) is 25.6 Å². The number of hydrogen-bond donors (Lipinski definition) is 4. The minimum Gasteiger partial charge on any atom is -0.394 e. The molecule has 2 aromatic carbocycles. The molecule has 43 heavy (non-hydrogen) atoms. The van der Waals surface area contributed by atoms with E-state index in [1.54, 1.807) is 36.1 Å². The van der Waals surface area contributed by atoms with Crippen molar-refractivity contribution < 1.29 is 27.5 Å². The number of carbonyl (C=O) groups is 1. The number of aromatic nitrogens is 6. The first kappa shape index (κ1) is 29.4. The Balaban J connectivity index is 1.22. The second kappa shape index (κ2) is 12.4. The van der Waals surface area contributed by atoms with E-state index in [1.165, 1.54) is 24.3 Å². The van der Waals surface area contributed by atoms with Crippen LogP contribution < -0.4 is 10.6 Å². The highest BCUT2D eigenvalue weighted by atomic mass is 19.4. The first-order valence-electron chi connectivity index (χ1n) is 13.1. The normalized spacial score (nSPS) is 11.5. The number of benzene rings is 2. The summed E-state index contributed by atoms with van der Waals surface area (Å²) in [6, 6.07) is 11.6. The van der Waals surface area contributed by atoms with Crippen molar-refractivity contribution in [3.8, 4) is 11.3 Å². The van der Waals surface area contributed by atoms with Crippen LogP contribution in [0.25, 0.3) is 11.3 Å². The number of anilines is 3. The summed E-state index contributed by atoms with van der Waals surface area (Å²) in [5.74, 6) is 0.292. The lowest BCUT2D eigenvalue weighted by atomic mass is 10.1. The van der Waals surface area contributed by atoms with Crippen LogP contribution in [0.3, 0.4) is 0 Å². The van der Waals surface area contributed by atoms with Crippen LogP contribution in [0.5, 0.6) is 0 Å². The average Bonchev–Trinajstić information content (AvgIpc) is 3.62. The lowest BCUT2D eigenvalue weighted by Crippen LogP contribution is -2.14. The zero-order valence-electron chi connectivity index (χ0n) is 22.8. The maximum absolute atomic E-state index is 14.6. The molecule has 0 aliphatic carbocycles. The summed E-state index contributed by atoms with van der Waals surface area (Å²) in [5, 5.41) is 26.1. The number of carbonyl (C=O) groups excluding carboxylic acids is 1. The van der Waals surface area contributed by atoms with Crippen LogP contribution in [0.15, 0.2) is 67.0 Å². The molecule has 0 saturated heterocycles. The molecule has 0 fully saturated rings. The van der Waals surface area contributed by atoms with Gasteiger partial charge >= 0.3 is 6.18 Å². The molecular weight excluding hydrogens is 568 g/mol. The molecule has 3 aromatic heterocycles. The zero-order valence-corrected chi connectivity index (χ0v) is 22.8. The van der Waals surface area contributed by atoms with Gasteiger partial charge in [0.2, 0.25) is 0 Å². The van der Waals surface area contributed by atoms with Crippen LogP contribution in [0.1, 0.15) is 33.0 Å². The first-order valence-corrected chi connectivity index (χ1v) is 13.1. The van der Waals surface area contributed by atoms with Crippen LogP contribution >= 0.6 is 0 Å². The van der Waals surface area contributed by atoms with Crippen molar-refractivity contribution in [2.24, 2.45) is 0 Å². The van der Waals surface area contributed by atoms with Gasteiger partial charge in [0.15, 0.2) is 5.82 Å². The second-order valence-electron chi connectivity index (χ2n) is 9.64. The number of hydrogen-bond acceptors (Lipinski definition) is 7. The van der Waals surface area contributed by atoms with Crippen molar-refractivity contribution in [2.45, 2.75) is 32.5 Å². The summed E-state index contributed by atoms with van der Waals surface area (Å²) in [5.41, 5.74) is 1.57. The lowest BCUT2D eigenvalue weighted by Gasteiger charge is -2.11. The molecule has 0 spiro atoms. The monoisotopic (exact) mass is 594 g/mol. The fourth-order valence-electron chi connectivity index (χ4n) is 4.34. The molecule has 222 valence electrons. The predicted molar refractivity (Wildman–Crippen MR) is 150 cm³/mol. The Morgan fingerprint density at radius 1 is 1.05 bits per heavy atom. The van der Waals surface area contributed by atoms with E-state index in [9.17, 15) is 22.4 Å². The van der Waals surface area contributed by atoms with Crippen molar-refractivity contribution in [1.82, 2.24) is 29.9 Å². The predicted octanol–water partition coefficient (Wildman–Crippen LogP) is 5.30. The van der Waals surface area contributed by atoms with Gasteiger partial charge in [0.25, 0.3) is 5.91 Å². The third-order valence-electron chi connectivity index (χ3n) is 6.40. The van der Waals surface area contributed by atoms with Gasteiger partial charge in [0.1, 0.15) is 17.5 Å². The van der Waals surface area contributed by atoms with Crippen molar-refractivity contribution >= 4 is 23.2 Å². The Hall–Kier alpha value is -5.11. The minimum absolute atomic E-state index is 0.0316. The van der Waals surface area contributed by atoms with Gasteiger partial charge in [-0.05, 0) is 61.7 Å². The number of nitrogens with one attached hydrogen (secondary N) is 3. The molecule has 14 heteroatoms. The Morgan fingerprint density at radius 3 is 2.67 bits per heavy atom. The molecule has 10 nitrogen and oxygen atoms in total. The maximum Gasteiger partial charge on any atom is 0.416 e. The molecule has 0 unspecified atom stereocenters. The van der Waals surface area contributed by atoms with Crippen LogP contribution in [0.2, 0.25) is 0 Å². The van der Waals surface area contributed by atoms with Gasteiger partial charge in [-0.15, -0.1) is 0 Å². The fraction of sp³-hybridized carbons (Fsp3) is 0.207. The number of aliphatic hydroxyl groups is 1. The number of H-pyrrole nitrogens is 1. The summed E-state index contributed by atoms with van der Waals surface area (Å²) in [7, 11) is 0. The van der Waals surface area contributed by atoms with Crippen molar-refractivity contribution in [2.75, 3.05) is 17.2 Å². The quantitative estimate of drug-likeness (QED) is 0.161. The molecule has 5 rings (SSSR count). The number of halogens is 4. The van der Waals surface area contributed by atoms with E-state index in [4.69, 9.17) is 5.11 Å². The van der Waals surface area contributed by atoms with Gasteiger partial charge in [-0.2, -0.15) is 23.4 Å². The van der Waals surface area contributed by atoms with E-state index in [1.807, 2.05) is 0 Å². The topological polar surface area (TPSA) is 134 Å². The lowest BCUT2D eigenvalue weighted by molar-refractivity contribution is -0.137. The van der Waals surface area contributed by atoms with Crippen LogP contribution in [0, 0.1) is 12.7 Å². The summed E-state index contributed by atoms with van der Waals surface area (Å²) in [4.78, 5) is 21.4. The molecule has 3 heterocycles. The maximum atomic E-state index is 14.6. The third kappa shape index (κ3) is 7.40. The van der Waals surface area contributed by atoms with Gasteiger partial charge in [0.05, 0.1) is 30.6 Å². The smallest absolute Gasteiger partial charge is 0.394 e. The molecule has 0 bridgehead atoms. The largest absolute Gasteiger partial charge is 0.416 e. The fourth-order valence-corrected chi connectivity index (χ4v) is 4.34. The van der Waals surface area contributed by atoms with Crippen LogP contribution in [0.4, 0.5) is 34.9 Å². The average molecular weight is 595 g/mol. The Kier molecular flexibility index (Phi) is 8.48. The summed E-state index contributed by atoms with van der Waals surface area (Å²) in [6.07, 6.45) is -0.508. The van der Waals surface area contributed by atoms with E-state index in [2.05, 4.69) is 35.9 Å². The highest BCUT2D eigenvalue weighted by Gasteiger charge is 2.31. The SMILES string of the molecule is Cc1nc(Nc2cc(CCc3cc(NC(=O)c4cccc(C(F)(F)F)c4)ccc3F)[nH]n2)cc(-c2cnn(CCO)c2)n1. The molecule has 4 N–H and O–H groups in total. The third-order valence-corrected chi connectivity index (χ3v) is 6.40. The molecule has 0 saturated carbocycles. The van der Waals surface area contributed by atoms with Gasteiger partial charge in [-0.3, -0.25) is 14.6 Å². The van der Waals surface area contributed by atoms with Gasteiger partial charge in [0, 0.05) is 40.8 Å². The molecule has 0 radical (unpaired) electrons. The van der Waals surface area contributed by atoms with E-state index in [0.717, 1.165) is 23.8 Å². The number of aryl methyl sites for hydroxylation is 3. The minimum atomic E-state index is -4.58. The number of aromatic amines is 1. The number of alkyl halides is 3.